The molecule has 0 fully saturated rings. The van der Waals surface area contributed by atoms with E-state index in [1.165, 1.54) is 0 Å². The Labute approximate surface area is 91.0 Å². The summed E-state index contributed by atoms with van der Waals surface area (Å²) >= 11 is 0.968. The largest absolute Gasteiger partial charge is 1.00 e. The van der Waals surface area contributed by atoms with E-state index >= 15 is 0 Å². The molecule has 0 atom stereocenters. The molecule has 0 aliphatic carbocycles. The molecule has 0 radical (unpaired) electrons. The fourth-order valence-electron chi connectivity index (χ4n) is 0.477. The highest BCUT2D eigenvalue weighted by Crippen LogP contribution is 2.06. The first-order chi connectivity index (χ1) is 5.45. The molecule has 13 heavy (non-hydrogen) atoms. The van der Waals surface area contributed by atoms with Gasteiger partial charge in [0.15, 0.2) is 0 Å². The minimum Gasteiger partial charge on any atom is -1.00 e. The second kappa shape index (κ2) is 7.62. The van der Waals surface area contributed by atoms with Gasteiger partial charge in [-0.3, -0.25) is 4.79 Å². The van der Waals surface area contributed by atoms with Crippen molar-refractivity contribution in [2.75, 3.05) is 34.3 Å². The standard InChI is InChI=1S/C8H18NO2S.ClH/c1-5-8(10)12-11-7-6-9(2,3)4;/h5-7H2,1-4H3;1H/q+1;/p-1. The summed E-state index contributed by atoms with van der Waals surface area (Å²) in [4.78, 5) is 10.8. The molecule has 0 aliphatic heterocycles. The van der Waals surface area contributed by atoms with Crippen LogP contribution in [0.25, 0.3) is 0 Å². The van der Waals surface area contributed by atoms with Crippen LogP contribution in [0.1, 0.15) is 13.3 Å². The average Bonchev–Trinajstić information content (AvgIpc) is 1.96. The minimum atomic E-state index is 0. The highest BCUT2D eigenvalue weighted by Gasteiger charge is 2.07. The monoisotopic (exact) mass is 227 g/mol. The van der Waals surface area contributed by atoms with Crippen LogP contribution in [0.2, 0.25) is 0 Å². The molecule has 80 valence electrons. The van der Waals surface area contributed by atoms with Gasteiger partial charge < -0.3 is 21.1 Å². The molecule has 0 bridgehead atoms. The lowest BCUT2D eigenvalue weighted by molar-refractivity contribution is -0.870. The quantitative estimate of drug-likeness (QED) is 0.318. The van der Waals surface area contributed by atoms with E-state index < -0.39 is 0 Å². The van der Waals surface area contributed by atoms with Crippen LogP contribution in [0.5, 0.6) is 0 Å². The fourth-order valence-corrected chi connectivity index (χ4v) is 0.885. The Morgan fingerprint density at radius 2 is 1.92 bits per heavy atom. The second-order valence-electron chi connectivity index (χ2n) is 3.64. The van der Waals surface area contributed by atoms with E-state index in [4.69, 9.17) is 4.18 Å². The van der Waals surface area contributed by atoms with Crippen molar-refractivity contribution in [1.29, 1.82) is 0 Å². The second-order valence-corrected chi connectivity index (χ2v) is 4.50. The van der Waals surface area contributed by atoms with Gasteiger partial charge in [0.1, 0.15) is 13.2 Å². The van der Waals surface area contributed by atoms with Crippen LogP contribution < -0.4 is 12.4 Å². The van der Waals surface area contributed by atoms with Crippen molar-refractivity contribution in [2.45, 2.75) is 13.3 Å². The maximum Gasteiger partial charge on any atom is 0.215 e. The Morgan fingerprint density at radius 1 is 1.38 bits per heavy atom. The van der Waals surface area contributed by atoms with Gasteiger partial charge in [0.05, 0.1) is 33.2 Å². The van der Waals surface area contributed by atoms with Crippen molar-refractivity contribution in [3.05, 3.63) is 0 Å². The molecule has 5 heteroatoms. The summed E-state index contributed by atoms with van der Waals surface area (Å²) < 4.78 is 5.98. The Bertz CT molecular complexity index is 148. The Hall–Kier alpha value is 0.230. The maximum atomic E-state index is 10.8. The number of quaternary nitrogens is 1. The van der Waals surface area contributed by atoms with Crippen LogP contribution >= 0.6 is 12.0 Å². The highest BCUT2D eigenvalue weighted by atomic mass is 35.5. The van der Waals surface area contributed by atoms with E-state index in [0.717, 1.165) is 23.1 Å². The van der Waals surface area contributed by atoms with Crippen LogP contribution in [0.3, 0.4) is 0 Å². The van der Waals surface area contributed by atoms with Crippen molar-refractivity contribution >= 4 is 17.2 Å². The molecule has 0 heterocycles. The fraction of sp³-hybridized carbons (Fsp3) is 0.875. The first-order valence-corrected chi connectivity index (χ1v) is 4.82. The third-order valence-electron chi connectivity index (χ3n) is 1.29. The number of carbonyl (C=O) groups is 1. The maximum absolute atomic E-state index is 10.8. The number of hydrogen-bond acceptors (Lipinski definition) is 3. The zero-order valence-corrected chi connectivity index (χ0v) is 10.2. The molecule has 0 N–H and O–H groups in total. The number of nitrogens with zero attached hydrogens (tertiary/aromatic N) is 1. The van der Waals surface area contributed by atoms with Crippen LogP contribution in [-0.4, -0.2) is 43.9 Å². The lowest BCUT2D eigenvalue weighted by atomic mass is 10.5. The predicted octanol–water partition coefficient (Wildman–Crippen LogP) is -1.70. The smallest absolute Gasteiger partial charge is 0.215 e. The topological polar surface area (TPSA) is 26.3 Å². The van der Waals surface area contributed by atoms with Crippen molar-refractivity contribution in [3.63, 3.8) is 0 Å². The van der Waals surface area contributed by atoms with Gasteiger partial charge in [-0.2, -0.15) is 0 Å². The van der Waals surface area contributed by atoms with E-state index in [0.29, 0.717) is 13.0 Å². The van der Waals surface area contributed by atoms with Crippen LogP contribution in [0, 0.1) is 0 Å². The minimum absolute atomic E-state index is 0. The molecular formula is C8H18ClNO2S. The normalized spacial score (nSPS) is 10.8. The van der Waals surface area contributed by atoms with E-state index in [-0.39, 0.29) is 17.5 Å². The number of halogens is 1. The van der Waals surface area contributed by atoms with E-state index in [9.17, 15) is 4.79 Å². The third-order valence-corrected chi connectivity index (χ3v) is 2.05. The van der Waals surface area contributed by atoms with E-state index in [1.54, 1.807) is 0 Å². The van der Waals surface area contributed by atoms with Gasteiger partial charge in [-0.05, 0) is 0 Å². The van der Waals surface area contributed by atoms with Gasteiger partial charge in [0.2, 0.25) is 5.12 Å². The van der Waals surface area contributed by atoms with Crippen molar-refractivity contribution in [1.82, 2.24) is 0 Å². The third kappa shape index (κ3) is 12.2. The molecule has 0 spiro atoms. The Kier molecular flexibility index (Phi) is 9.19. The van der Waals surface area contributed by atoms with E-state index in [1.807, 2.05) is 6.92 Å². The molecule has 0 aromatic rings. The first-order valence-electron chi connectivity index (χ1n) is 4.08. The van der Waals surface area contributed by atoms with Crippen LogP contribution in [0.4, 0.5) is 0 Å². The van der Waals surface area contributed by atoms with E-state index in [2.05, 4.69) is 21.1 Å². The van der Waals surface area contributed by atoms with Gasteiger partial charge in [-0.25, -0.2) is 0 Å². The molecule has 0 aromatic heterocycles. The lowest BCUT2D eigenvalue weighted by Gasteiger charge is -2.22. The van der Waals surface area contributed by atoms with Crippen LogP contribution in [0.15, 0.2) is 0 Å². The SMILES string of the molecule is CCC(=O)SOCC[N+](C)(C)C.[Cl-]. The molecule has 0 rings (SSSR count). The summed E-state index contributed by atoms with van der Waals surface area (Å²) in [5.74, 6) is 0. The molecule has 0 unspecified atom stereocenters. The summed E-state index contributed by atoms with van der Waals surface area (Å²) in [5, 5.41) is 0.0939. The van der Waals surface area contributed by atoms with Crippen molar-refractivity contribution in [2.24, 2.45) is 0 Å². The summed E-state index contributed by atoms with van der Waals surface area (Å²) in [6, 6.07) is 0. The summed E-state index contributed by atoms with van der Waals surface area (Å²) in [6.45, 7) is 3.38. The molecule has 0 aromatic carbocycles. The van der Waals surface area contributed by atoms with Gasteiger partial charge >= 0.3 is 0 Å². The summed E-state index contributed by atoms with van der Waals surface area (Å²) in [5.41, 5.74) is 0. The Balaban J connectivity index is 0. The molecule has 3 nitrogen and oxygen atoms in total. The highest BCUT2D eigenvalue weighted by molar-refractivity contribution is 8.09. The molecule has 0 amide bonds. The van der Waals surface area contributed by atoms with Gasteiger partial charge in [0.25, 0.3) is 0 Å². The Morgan fingerprint density at radius 3 is 2.31 bits per heavy atom. The average molecular weight is 228 g/mol. The number of likely N-dealkylation sites (N-methyl/N-ethyl adjacent to an activating group) is 1. The zero-order chi connectivity index (χ0) is 9.61. The van der Waals surface area contributed by atoms with Gasteiger partial charge in [0, 0.05) is 6.42 Å². The summed E-state index contributed by atoms with van der Waals surface area (Å²) in [7, 11) is 6.28. The van der Waals surface area contributed by atoms with Crippen molar-refractivity contribution < 1.29 is 25.9 Å². The lowest BCUT2D eigenvalue weighted by Crippen LogP contribution is -3.00. The van der Waals surface area contributed by atoms with Crippen molar-refractivity contribution in [3.8, 4) is 0 Å². The number of hydrogen-bond donors (Lipinski definition) is 0. The number of carbonyl (C=O) groups excluding carboxylic acids is 1. The zero-order valence-electron chi connectivity index (χ0n) is 8.67. The van der Waals surface area contributed by atoms with Crippen LogP contribution in [-0.2, 0) is 8.98 Å². The van der Waals surface area contributed by atoms with Gasteiger partial charge in [-0.15, -0.1) is 0 Å². The first kappa shape index (κ1) is 15.7. The predicted molar refractivity (Wildman–Crippen MR) is 51.7 cm³/mol. The molecule has 0 saturated carbocycles. The molecule has 0 saturated heterocycles. The van der Waals surface area contributed by atoms with Gasteiger partial charge in [-0.1, -0.05) is 6.92 Å². The molecular weight excluding hydrogens is 210 g/mol. The summed E-state index contributed by atoms with van der Waals surface area (Å²) in [6.07, 6.45) is 0.537. The molecule has 0 aliphatic rings. The number of rotatable bonds is 5.